The van der Waals surface area contributed by atoms with Crippen LogP contribution in [0.2, 0.25) is 6.04 Å². The van der Waals surface area contributed by atoms with Crippen LogP contribution in [0, 0.1) is 0 Å². The Morgan fingerprint density at radius 3 is 2.21 bits per heavy atom. The summed E-state index contributed by atoms with van der Waals surface area (Å²) in [4.78, 5) is 2.08. The zero-order chi connectivity index (χ0) is 30.5. The summed E-state index contributed by atoms with van der Waals surface area (Å²) in [5.41, 5.74) is 3.50. The summed E-state index contributed by atoms with van der Waals surface area (Å²) in [6.45, 7) is 9.49. The summed E-state index contributed by atoms with van der Waals surface area (Å²) >= 11 is 0. The van der Waals surface area contributed by atoms with E-state index in [9.17, 15) is 13.0 Å². The second-order valence-electron chi connectivity index (χ2n) is 9.96. The molecule has 0 amide bonds. The Labute approximate surface area is 249 Å². The van der Waals surface area contributed by atoms with E-state index in [1.54, 1.807) is 39.5 Å². The predicted octanol–water partition coefficient (Wildman–Crippen LogP) is 5.36. The summed E-state index contributed by atoms with van der Waals surface area (Å²) < 4.78 is 60.5. The third-order valence-corrected chi connectivity index (χ3v) is 11.6. The molecule has 1 aliphatic heterocycles. The van der Waals surface area contributed by atoms with Gasteiger partial charge in [0.05, 0.1) is 6.07 Å². The largest absolute Gasteiger partial charge is 0.500 e. The van der Waals surface area contributed by atoms with E-state index in [-0.39, 0.29) is 4.90 Å². The summed E-state index contributed by atoms with van der Waals surface area (Å²) in [6, 6.07) is 19.2. The lowest BCUT2D eigenvalue weighted by Gasteiger charge is -2.23. The molecule has 0 radical (unpaired) electrons. The van der Waals surface area contributed by atoms with Gasteiger partial charge in [0.2, 0.25) is 5.36 Å². The van der Waals surface area contributed by atoms with Crippen LogP contribution in [0.3, 0.4) is 0 Å². The summed E-state index contributed by atoms with van der Waals surface area (Å²) in [6.07, 6.45) is 0.808. The van der Waals surface area contributed by atoms with E-state index >= 15 is 0 Å². The first-order chi connectivity index (χ1) is 20.1. The minimum Gasteiger partial charge on any atom is -0.456 e. The maximum absolute atomic E-state index is 12.4. The van der Waals surface area contributed by atoms with Crippen molar-refractivity contribution in [2.24, 2.45) is 0 Å². The molecule has 2 aliphatic rings. The second kappa shape index (κ2) is 13.5. The molecule has 0 fully saturated rings. The van der Waals surface area contributed by atoms with Crippen LogP contribution >= 0.6 is 0 Å². The van der Waals surface area contributed by atoms with Crippen LogP contribution in [0.4, 0.5) is 5.69 Å². The summed E-state index contributed by atoms with van der Waals surface area (Å²) in [5, 5.41) is 1.73. The van der Waals surface area contributed by atoms with Crippen LogP contribution in [-0.2, 0) is 23.4 Å². The molecule has 226 valence electrons. The van der Waals surface area contributed by atoms with Gasteiger partial charge in [0.25, 0.3) is 10.1 Å². The second-order valence-corrected chi connectivity index (χ2v) is 14.4. The minimum atomic E-state index is -4.48. The lowest BCUT2D eigenvalue weighted by molar-refractivity contribution is 0.123. The number of nitrogens with zero attached hydrogens (tertiary/aromatic N) is 2. The van der Waals surface area contributed by atoms with Crippen LogP contribution in [0.25, 0.3) is 33.4 Å². The van der Waals surface area contributed by atoms with Crippen molar-refractivity contribution in [1.29, 1.82) is 0 Å². The van der Waals surface area contributed by atoms with Gasteiger partial charge in [0, 0.05) is 86.8 Å². The molecule has 42 heavy (non-hydrogen) atoms. The highest BCUT2D eigenvalue weighted by atomic mass is 32.2. The van der Waals surface area contributed by atoms with E-state index in [1.165, 1.54) is 6.07 Å². The Hall–Kier alpha value is -3.06. The highest BCUT2D eigenvalue weighted by Gasteiger charge is 2.37. The van der Waals surface area contributed by atoms with Crippen LogP contribution in [-0.4, -0.2) is 69.3 Å². The van der Waals surface area contributed by atoms with Crippen LogP contribution in [0.1, 0.15) is 27.2 Å². The van der Waals surface area contributed by atoms with E-state index in [4.69, 9.17) is 17.7 Å². The number of hydrogen-bond donors (Lipinski definition) is 1. The first kappa shape index (κ1) is 31.9. The summed E-state index contributed by atoms with van der Waals surface area (Å²) in [5.74, 6) is 0.615. The van der Waals surface area contributed by atoms with Crippen molar-refractivity contribution in [3.05, 3.63) is 66.0 Å². The summed E-state index contributed by atoms with van der Waals surface area (Å²) in [7, 11) is -2.29. The number of rotatable bonds is 13. The molecule has 2 aromatic rings. The smallest absolute Gasteiger partial charge is 0.456 e. The molecule has 2 aromatic carbocycles. The first-order valence-electron chi connectivity index (χ1n) is 14.2. The molecular formula is C31H41N2O7SSi+. The Morgan fingerprint density at radius 1 is 0.905 bits per heavy atom. The number of fused-ring (bicyclic) bond motifs is 2. The fourth-order valence-electron chi connectivity index (χ4n) is 5.55. The predicted molar refractivity (Wildman–Crippen MR) is 169 cm³/mol. The first-order valence-corrected chi connectivity index (χ1v) is 17.6. The van der Waals surface area contributed by atoms with E-state index in [2.05, 4.69) is 30.2 Å². The number of anilines is 1. The standard InChI is InChI=1S/C31H40N2O7SSi/c1-7-32(8-2)23-15-17-25-28(21-23)40-29-22-24(33(9-3)19-12-20-42(37-4,38-5)39-6)16-18-26(29)31(25)27-13-10-11-14-30(27)41(34,35)36/h10-11,13-18,21-22H,7-9,12,19-20H2,1-6H3/p+1. The molecule has 1 heterocycles. The van der Waals surface area contributed by atoms with Gasteiger partial charge in [-0.05, 0) is 45.0 Å². The van der Waals surface area contributed by atoms with E-state index in [0.717, 1.165) is 54.6 Å². The van der Waals surface area contributed by atoms with E-state index < -0.39 is 18.9 Å². The molecule has 4 rings (SSSR count). The molecule has 0 bridgehead atoms. The van der Waals surface area contributed by atoms with Crippen molar-refractivity contribution >= 4 is 35.6 Å². The lowest BCUT2D eigenvalue weighted by atomic mass is 9.93. The molecule has 0 aromatic heterocycles. The Morgan fingerprint density at radius 2 is 1.60 bits per heavy atom. The highest BCUT2D eigenvalue weighted by molar-refractivity contribution is 7.86. The average Bonchev–Trinajstić information content (AvgIpc) is 3.00. The molecule has 0 atom stereocenters. The van der Waals surface area contributed by atoms with Crippen molar-refractivity contribution < 1.29 is 30.7 Å². The maximum Gasteiger partial charge on any atom is 0.500 e. The van der Waals surface area contributed by atoms with Gasteiger partial charge in [-0.25, -0.2) is 4.58 Å². The van der Waals surface area contributed by atoms with Gasteiger partial charge in [0.1, 0.15) is 29.3 Å². The van der Waals surface area contributed by atoms with Crippen molar-refractivity contribution in [2.45, 2.75) is 38.1 Å². The van der Waals surface area contributed by atoms with Gasteiger partial charge in [-0.15, -0.1) is 0 Å². The van der Waals surface area contributed by atoms with E-state index in [1.807, 2.05) is 36.4 Å². The minimum absolute atomic E-state index is 0.145. The third-order valence-electron chi connectivity index (χ3n) is 7.84. The van der Waals surface area contributed by atoms with Gasteiger partial charge in [-0.3, -0.25) is 4.55 Å². The number of benzene rings is 3. The SMILES string of the molecule is CCN(CC)c1ccc2c(-c3ccccc3S(=O)(=O)O)c3ccc(=[N+](CC)CCC[Si](OC)(OC)OC)cc-3oc2c1. The Bertz CT molecular complexity index is 1670. The fraction of sp³-hybridized carbons (Fsp3) is 0.387. The average molecular weight is 614 g/mol. The molecule has 0 spiro atoms. The Balaban J connectivity index is 1.95. The van der Waals surface area contributed by atoms with Gasteiger partial charge >= 0.3 is 8.80 Å². The third kappa shape index (κ3) is 6.46. The molecule has 9 nitrogen and oxygen atoms in total. The van der Waals surface area contributed by atoms with Crippen molar-refractivity contribution in [3.8, 4) is 22.5 Å². The molecule has 1 aliphatic carbocycles. The molecule has 0 saturated carbocycles. The van der Waals surface area contributed by atoms with Crippen LogP contribution in [0.15, 0.2) is 70.0 Å². The molecular weight excluding hydrogens is 573 g/mol. The van der Waals surface area contributed by atoms with E-state index in [0.29, 0.717) is 28.5 Å². The monoisotopic (exact) mass is 613 g/mol. The van der Waals surface area contributed by atoms with Gasteiger partial charge in [-0.2, -0.15) is 8.42 Å². The quantitative estimate of drug-likeness (QED) is 0.0931. The van der Waals surface area contributed by atoms with Crippen molar-refractivity contribution in [2.75, 3.05) is 52.4 Å². The molecule has 0 unspecified atom stereocenters. The van der Waals surface area contributed by atoms with Crippen molar-refractivity contribution in [1.82, 2.24) is 4.58 Å². The van der Waals surface area contributed by atoms with Crippen molar-refractivity contribution in [3.63, 3.8) is 0 Å². The van der Waals surface area contributed by atoms with Gasteiger partial charge < -0.3 is 22.6 Å². The number of hydrogen-bond acceptors (Lipinski definition) is 7. The normalized spacial score (nSPS) is 13.1. The molecule has 11 heteroatoms. The highest BCUT2D eigenvalue weighted by Crippen LogP contribution is 2.42. The topological polar surface area (TPSA) is 101 Å². The molecule has 1 N–H and O–H groups in total. The van der Waals surface area contributed by atoms with Crippen LogP contribution in [0.5, 0.6) is 0 Å². The fourth-order valence-corrected chi connectivity index (χ4v) is 7.95. The zero-order valence-corrected chi connectivity index (χ0v) is 27.0. The van der Waals surface area contributed by atoms with Gasteiger partial charge in [-0.1, -0.05) is 18.2 Å². The molecule has 0 saturated heterocycles. The Kier molecular flexibility index (Phi) is 10.2. The van der Waals surface area contributed by atoms with Crippen LogP contribution < -0.4 is 14.8 Å². The van der Waals surface area contributed by atoms with Gasteiger partial charge in [0.15, 0.2) is 0 Å². The zero-order valence-electron chi connectivity index (χ0n) is 25.2. The maximum atomic E-state index is 12.4. The lowest BCUT2D eigenvalue weighted by Crippen LogP contribution is -2.43.